The molecule has 0 unspecified atom stereocenters. The van der Waals surface area contributed by atoms with Crippen LogP contribution in [0.5, 0.6) is 0 Å². The van der Waals surface area contributed by atoms with E-state index in [4.69, 9.17) is 5.11 Å². The van der Waals surface area contributed by atoms with Crippen LogP contribution in [0.3, 0.4) is 0 Å². The number of rotatable bonds is 8. The van der Waals surface area contributed by atoms with Crippen molar-refractivity contribution in [3.63, 3.8) is 0 Å². The zero-order valence-corrected chi connectivity index (χ0v) is 21.3. The standard InChI is InChI=1S/C27H29N3O6S/c1-18-6-2-3-7-20(18)27(34)28-23-10-11-24(22-9-5-4-8-21(22)23)37(35,36)29-19-14-16-30(17-15-19)25(31)12-13-26(32)33/h2-11,19,29H,12-17H2,1H3,(H,28,34)(H,32,33). The Morgan fingerprint density at radius 1 is 0.919 bits per heavy atom. The lowest BCUT2D eigenvalue weighted by molar-refractivity contribution is -0.141. The third-order valence-electron chi connectivity index (χ3n) is 6.53. The molecule has 0 atom stereocenters. The zero-order valence-electron chi connectivity index (χ0n) is 20.4. The van der Waals surface area contributed by atoms with Crippen molar-refractivity contribution in [2.75, 3.05) is 18.4 Å². The second-order valence-corrected chi connectivity index (χ2v) is 10.8. The number of carbonyl (C=O) groups excluding carboxylic acids is 2. The predicted octanol–water partition coefficient (Wildman–Crippen LogP) is 3.53. The van der Waals surface area contributed by atoms with E-state index in [0.717, 1.165) is 5.56 Å². The summed E-state index contributed by atoms with van der Waals surface area (Å²) in [4.78, 5) is 37.4. The Bertz CT molecular complexity index is 1450. The summed E-state index contributed by atoms with van der Waals surface area (Å²) in [6.45, 7) is 2.57. The predicted molar refractivity (Wildman–Crippen MR) is 140 cm³/mol. The zero-order chi connectivity index (χ0) is 26.6. The second kappa shape index (κ2) is 11.1. The number of hydrogen-bond donors (Lipinski definition) is 3. The number of fused-ring (bicyclic) bond motifs is 1. The largest absolute Gasteiger partial charge is 0.481 e. The van der Waals surface area contributed by atoms with E-state index in [1.54, 1.807) is 47.4 Å². The number of aryl methyl sites for hydroxylation is 1. The first-order valence-corrected chi connectivity index (χ1v) is 13.5. The van der Waals surface area contributed by atoms with Gasteiger partial charge in [-0.2, -0.15) is 0 Å². The van der Waals surface area contributed by atoms with Crippen LogP contribution in [-0.2, 0) is 19.6 Å². The van der Waals surface area contributed by atoms with Crippen LogP contribution >= 0.6 is 0 Å². The van der Waals surface area contributed by atoms with Crippen molar-refractivity contribution in [1.82, 2.24) is 9.62 Å². The van der Waals surface area contributed by atoms with Gasteiger partial charge in [0.05, 0.1) is 11.3 Å². The summed E-state index contributed by atoms with van der Waals surface area (Å²) in [7, 11) is -3.89. The van der Waals surface area contributed by atoms with E-state index < -0.39 is 16.0 Å². The van der Waals surface area contributed by atoms with Crippen molar-refractivity contribution in [2.45, 2.75) is 43.5 Å². The Morgan fingerprint density at radius 3 is 2.24 bits per heavy atom. The van der Waals surface area contributed by atoms with Crippen LogP contribution in [-0.4, -0.2) is 55.3 Å². The third kappa shape index (κ3) is 6.15. The SMILES string of the molecule is Cc1ccccc1C(=O)Nc1ccc(S(=O)(=O)NC2CCN(C(=O)CCC(=O)O)CC2)c2ccccc12. The number of carboxylic acid groups (broad SMARTS) is 1. The van der Waals surface area contributed by atoms with Crippen LogP contribution in [0.1, 0.15) is 41.6 Å². The van der Waals surface area contributed by atoms with Gasteiger partial charge in [0.1, 0.15) is 0 Å². The summed E-state index contributed by atoms with van der Waals surface area (Å²) in [5.74, 6) is -1.54. The highest BCUT2D eigenvalue weighted by atomic mass is 32.2. The van der Waals surface area contributed by atoms with Crippen molar-refractivity contribution in [3.05, 3.63) is 71.8 Å². The van der Waals surface area contributed by atoms with Crippen molar-refractivity contribution in [1.29, 1.82) is 0 Å². The molecule has 2 amide bonds. The maximum atomic E-state index is 13.4. The molecule has 0 aliphatic carbocycles. The van der Waals surface area contributed by atoms with Gasteiger partial charge in [0.2, 0.25) is 15.9 Å². The van der Waals surface area contributed by atoms with Crippen molar-refractivity contribution in [2.24, 2.45) is 0 Å². The lowest BCUT2D eigenvalue weighted by Crippen LogP contribution is -2.46. The number of carboxylic acids is 1. The molecule has 0 radical (unpaired) electrons. The van der Waals surface area contributed by atoms with Crippen LogP contribution in [0.4, 0.5) is 5.69 Å². The molecule has 9 nitrogen and oxygen atoms in total. The molecular formula is C27H29N3O6S. The minimum Gasteiger partial charge on any atom is -0.481 e. The van der Waals surface area contributed by atoms with Crippen LogP contribution in [0, 0.1) is 6.92 Å². The number of likely N-dealkylation sites (tertiary alicyclic amines) is 1. The van der Waals surface area contributed by atoms with Gasteiger partial charge in [0.15, 0.2) is 0 Å². The number of nitrogens with zero attached hydrogens (tertiary/aromatic N) is 1. The molecule has 1 aliphatic heterocycles. The van der Waals surface area contributed by atoms with Crippen LogP contribution in [0.25, 0.3) is 10.8 Å². The number of amides is 2. The van der Waals surface area contributed by atoms with Crippen molar-refractivity contribution in [3.8, 4) is 0 Å². The number of hydrogen-bond acceptors (Lipinski definition) is 5. The molecule has 4 rings (SSSR count). The van der Waals surface area contributed by atoms with E-state index in [2.05, 4.69) is 10.0 Å². The number of carbonyl (C=O) groups is 3. The maximum absolute atomic E-state index is 13.4. The quantitative estimate of drug-likeness (QED) is 0.414. The number of benzene rings is 3. The summed E-state index contributed by atoms with van der Waals surface area (Å²) in [5.41, 5.74) is 1.89. The summed E-state index contributed by atoms with van der Waals surface area (Å²) in [6.07, 6.45) is 0.575. The summed E-state index contributed by atoms with van der Waals surface area (Å²) in [5, 5.41) is 12.8. The molecule has 1 saturated heterocycles. The molecule has 3 aromatic carbocycles. The van der Waals surface area contributed by atoms with Crippen LogP contribution in [0.15, 0.2) is 65.6 Å². The molecule has 194 valence electrons. The number of sulfonamides is 1. The van der Waals surface area contributed by atoms with Gasteiger partial charge in [-0.1, -0.05) is 42.5 Å². The molecule has 0 saturated carbocycles. The number of nitrogens with one attached hydrogen (secondary N) is 2. The minimum absolute atomic E-state index is 0.0650. The van der Waals surface area contributed by atoms with E-state index in [9.17, 15) is 22.8 Å². The summed E-state index contributed by atoms with van der Waals surface area (Å²) in [6, 6.07) is 17.0. The van der Waals surface area contributed by atoms with Gasteiger partial charge in [0, 0.05) is 47.6 Å². The van der Waals surface area contributed by atoms with E-state index in [1.807, 2.05) is 19.1 Å². The average molecular weight is 524 g/mol. The molecule has 3 N–H and O–H groups in total. The molecule has 0 aromatic heterocycles. The molecular weight excluding hydrogens is 494 g/mol. The highest BCUT2D eigenvalue weighted by molar-refractivity contribution is 7.89. The number of aliphatic carboxylic acids is 1. The fourth-order valence-electron chi connectivity index (χ4n) is 4.53. The van der Waals surface area contributed by atoms with E-state index >= 15 is 0 Å². The molecule has 1 aliphatic rings. The topological polar surface area (TPSA) is 133 Å². The van der Waals surface area contributed by atoms with Gasteiger partial charge in [-0.15, -0.1) is 0 Å². The first kappa shape index (κ1) is 26.3. The molecule has 10 heteroatoms. The molecule has 1 fully saturated rings. The normalized spacial score (nSPS) is 14.5. The molecule has 3 aromatic rings. The Labute approximate surface area is 215 Å². The van der Waals surface area contributed by atoms with E-state index in [0.29, 0.717) is 48.0 Å². The molecule has 0 spiro atoms. The van der Waals surface area contributed by atoms with Crippen LogP contribution in [0.2, 0.25) is 0 Å². The Morgan fingerprint density at radius 2 is 1.57 bits per heavy atom. The molecule has 0 bridgehead atoms. The molecule has 1 heterocycles. The first-order chi connectivity index (χ1) is 17.7. The third-order valence-corrected chi connectivity index (χ3v) is 8.11. The minimum atomic E-state index is -3.89. The first-order valence-electron chi connectivity index (χ1n) is 12.1. The van der Waals surface area contributed by atoms with Crippen molar-refractivity contribution < 1.29 is 27.9 Å². The fraction of sp³-hybridized carbons (Fsp3) is 0.296. The molecule has 37 heavy (non-hydrogen) atoms. The Balaban J connectivity index is 1.49. The van der Waals surface area contributed by atoms with Gasteiger partial charge in [-0.3, -0.25) is 14.4 Å². The van der Waals surface area contributed by atoms with Crippen molar-refractivity contribution >= 4 is 44.3 Å². The smallest absolute Gasteiger partial charge is 0.303 e. The van der Waals surface area contributed by atoms with Gasteiger partial charge < -0.3 is 15.3 Å². The second-order valence-electron chi connectivity index (χ2n) is 9.10. The highest BCUT2D eigenvalue weighted by Gasteiger charge is 2.28. The lowest BCUT2D eigenvalue weighted by atomic mass is 10.1. The maximum Gasteiger partial charge on any atom is 0.303 e. The van der Waals surface area contributed by atoms with E-state index in [-0.39, 0.29) is 35.6 Å². The van der Waals surface area contributed by atoms with Gasteiger partial charge >= 0.3 is 5.97 Å². The van der Waals surface area contributed by atoms with Gasteiger partial charge in [-0.25, -0.2) is 13.1 Å². The average Bonchev–Trinajstić information content (AvgIpc) is 2.87. The summed E-state index contributed by atoms with van der Waals surface area (Å²) >= 11 is 0. The monoisotopic (exact) mass is 523 g/mol. The number of piperidine rings is 1. The fourth-order valence-corrected chi connectivity index (χ4v) is 6.05. The number of anilines is 1. The van der Waals surface area contributed by atoms with Crippen LogP contribution < -0.4 is 10.0 Å². The Hall–Kier alpha value is -3.76. The lowest BCUT2D eigenvalue weighted by Gasteiger charge is -2.32. The Kier molecular flexibility index (Phi) is 7.89. The summed E-state index contributed by atoms with van der Waals surface area (Å²) < 4.78 is 29.5. The van der Waals surface area contributed by atoms with E-state index in [1.165, 1.54) is 6.07 Å². The highest BCUT2D eigenvalue weighted by Crippen LogP contribution is 2.30. The van der Waals surface area contributed by atoms with Gasteiger partial charge in [-0.05, 0) is 43.5 Å². The van der Waals surface area contributed by atoms with Gasteiger partial charge in [0.25, 0.3) is 5.91 Å².